The first-order valence-corrected chi connectivity index (χ1v) is 3.87. The molecule has 0 heterocycles. The fourth-order valence-electron chi connectivity index (χ4n) is 1.61. The Morgan fingerprint density at radius 2 is 2.17 bits per heavy atom. The Balaban J connectivity index is 2.62. The van der Waals surface area contributed by atoms with E-state index in [2.05, 4.69) is 0 Å². The minimum absolute atomic E-state index is 0.0249. The predicted molar refractivity (Wildman–Crippen MR) is 46.9 cm³/mol. The van der Waals surface area contributed by atoms with Crippen LogP contribution in [-0.4, -0.2) is 11.8 Å². The zero-order valence-electron chi connectivity index (χ0n) is 6.58. The summed E-state index contributed by atoms with van der Waals surface area (Å²) in [7, 11) is 0. The molecule has 1 aliphatic rings. The third-order valence-electron chi connectivity index (χ3n) is 2.21. The third-order valence-corrected chi connectivity index (χ3v) is 2.21. The van der Waals surface area contributed by atoms with Crippen LogP contribution in [0.2, 0.25) is 0 Å². The number of hydrogen-bond acceptors (Lipinski definition) is 3. The Bertz CT molecular complexity index is 346. The standard InChI is InChI=1S/C9H10N2O/c10-6-3-1-2-5-4-7(11)9(12)8(5)6/h1-3,7H,4,10-11H2. The van der Waals surface area contributed by atoms with Crippen molar-refractivity contribution in [2.24, 2.45) is 5.73 Å². The summed E-state index contributed by atoms with van der Waals surface area (Å²) < 4.78 is 0. The summed E-state index contributed by atoms with van der Waals surface area (Å²) in [5.41, 5.74) is 13.4. The number of ketones is 1. The number of carbonyl (C=O) groups excluding carboxylic acids is 1. The van der Waals surface area contributed by atoms with Crippen LogP contribution in [-0.2, 0) is 6.42 Å². The van der Waals surface area contributed by atoms with Crippen molar-refractivity contribution in [2.75, 3.05) is 5.73 Å². The summed E-state index contributed by atoms with van der Waals surface area (Å²) in [6, 6.07) is 5.09. The summed E-state index contributed by atoms with van der Waals surface area (Å²) >= 11 is 0. The molecule has 0 aromatic heterocycles. The number of fused-ring (bicyclic) bond motifs is 1. The van der Waals surface area contributed by atoms with Gasteiger partial charge in [0.25, 0.3) is 0 Å². The number of rotatable bonds is 0. The van der Waals surface area contributed by atoms with E-state index in [1.54, 1.807) is 6.07 Å². The van der Waals surface area contributed by atoms with E-state index in [9.17, 15) is 4.79 Å². The van der Waals surface area contributed by atoms with E-state index in [-0.39, 0.29) is 11.8 Å². The number of nitrogen functional groups attached to an aromatic ring is 1. The summed E-state index contributed by atoms with van der Waals surface area (Å²) in [4.78, 5) is 11.4. The quantitative estimate of drug-likeness (QED) is 0.540. The Morgan fingerprint density at radius 3 is 2.83 bits per heavy atom. The van der Waals surface area contributed by atoms with Gasteiger partial charge in [0.2, 0.25) is 0 Å². The average Bonchev–Trinajstić information content (AvgIpc) is 2.29. The van der Waals surface area contributed by atoms with Gasteiger partial charge in [-0.3, -0.25) is 4.79 Å². The fraction of sp³-hybridized carbons (Fsp3) is 0.222. The molecule has 1 aliphatic carbocycles. The number of benzene rings is 1. The van der Waals surface area contributed by atoms with Gasteiger partial charge in [-0.05, 0) is 18.1 Å². The van der Waals surface area contributed by atoms with Gasteiger partial charge in [-0.25, -0.2) is 0 Å². The van der Waals surface area contributed by atoms with Gasteiger partial charge >= 0.3 is 0 Å². The Morgan fingerprint density at radius 1 is 1.42 bits per heavy atom. The van der Waals surface area contributed by atoms with Crippen LogP contribution < -0.4 is 11.5 Å². The second kappa shape index (κ2) is 2.32. The molecule has 1 atom stereocenters. The van der Waals surface area contributed by atoms with E-state index in [0.29, 0.717) is 17.7 Å². The van der Waals surface area contributed by atoms with Crippen LogP contribution in [0.5, 0.6) is 0 Å². The van der Waals surface area contributed by atoms with Crippen molar-refractivity contribution in [3.05, 3.63) is 29.3 Å². The van der Waals surface area contributed by atoms with Crippen molar-refractivity contribution in [1.82, 2.24) is 0 Å². The van der Waals surface area contributed by atoms with Crippen molar-refractivity contribution in [3.63, 3.8) is 0 Å². The third kappa shape index (κ3) is 0.833. The highest BCUT2D eigenvalue weighted by atomic mass is 16.1. The van der Waals surface area contributed by atoms with E-state index < -0.39 is 0 Å². The van der Waals surface area contributed by atoms with Crippen LogP contribution in [0.4, 0.5) is 5.69 Å². The molecule has 62 valence electrons. The lowest BCUT2D eigenvalue weighted by Gasteiger charge is -1.99. The van der Waals surface area contributed by atoms with Crippen LogP contribution >= 0.6 is 0 Å². The maximum atomic E-state index is 11.4. The van der Waals surface area contributed by atoms with Crippen LogP contribution in [0.3, 0.4) is 0 Å². The first-order chi connectivity index (χ1) is 5.70. The van der Waals surface area contributed by atoms with Gasteiger partial charge in [0, 0.05) is 11.3 Å². The molecular formula is C9H10N2O. The summed E-state index contributed by atoms with van der Waals surface area (Å²) in [5.74, 6) is -0.0249. The summed E-state index contributed by atoms with van der Waals surface area (Å²) in [6.07, 6.45) is 0.624. The lowest BCUT2D eigenvalue weighted by atomic mass is 10.1. The second-order valence-electron chi connectivity index (χ2n) is 3.06. The van der Waals surface area contributed by atoms with Gasteiger partial charge in [-0.15, -0.1) is 0 Å². The molecule has 1 aromatic rings. The van der Waals surface area contributed by atoms with Gasteiger partial charge in [0.1, 0.15) is 0 Å². The molecule has 3 nitrogen and oxygen atoms in total. The van der Waals surface area contributed by atoms with Crippen molar-refractivity contribution < 1.29 is 4.79 Å². The summed E-state index contributed by atoms with van der Waals surface area (Å²) in [6.45, 7) is 0. The number of hydrogen-bond donors (Lipinski definition) is 2. The zero-order chi connectivity index (χ0) is 8.72. The molecule has 0 spiro atoms. The van der Waals surface area contributed by atoms with Crippen molar-refractivity contribution in [1.29, 1.82) is 0 Å². The normalized spacial score (nSPS) is 21.1. The molecular weight excluding hydrogens is 152 g/mol. The number of nitrogens with two attached hydrogens (primary N) is 2. The number of Topliss-reactive ketones (excluding diaryl/α,β-unsaturated/α-hetero) is 1. The minimum Gasteiger partial charge on any atom is -0.398 e. The maximum Gasteiger partial charge on any atom is 0.182 e. The molecule has 0 aliphatic heterocycles. The van der Waals surface area contributed by atoms with Crippen molar-refractivity contribution >= 4 is 11.5 Å². The molecule has 0 radical (unpaired) electrons. The molecule has 1 aromatic carbocycles. The lowest BCUT2D eigenvalue weighted by molar-refractivity contribution is 0.0975. The van der Waals surface area contributed by atoms with Crippen LogP contribution in [0, 0.1) is 0 Å². The summed E-state index contributed by atoms with van der Waals surface area (Å²) in [5, 5.41) is 0. The average molecular weight is 162 g/mol. The van der Waals surface area contributed by atoms with Gasteiger partial charge in [0.15, 0.2) is 5.78 Å². The SMILES string of the molecule is Nc1cccc2c1C(=O)C(N)C2. The van der Waals surface area contributed by atoms with E-state index in [1.807, 2.05) is 12.1 Å². The smallest absolute Gasteiger partial charge is 0.182 e. The molecule has 12 heavy (non-hydrogen) atoms. The highest BCUT2D eigenvalue weighted by Gasteiger charge is 2.28. The molecule has 0 amide bonds. The number of anilines is 1. The van der Waals surface area contributed by atoms with Crippen LogP contribution in [0.25, 0.3) is 0 Å². The highest BCUT2D eigenvalue weighted by Crippen LogP contribution is 2.25. The molecule has 0 fully saturated rings. The monoisotopic (exact) mass is 162 g/mol. The first kappa shape index (κ1) is 7.31. The van der Waals surface area contributed by atoms with E-state index >= 15 is 0 Å². The van der Waals surface area contributed by atoms with E-state index in [1.165, 1.54) is 0 Å². The fourth-order valence-corrected chi connectivity index (χ4v) is 1.61. The molecule has 0 saturated heterocycles. The van der Waals surface area contributed by atoms with Gasteiger partial charge in [-0.2, -0.15) is 0 Å². The predicted octanol–water partition coefficient (Wildman–Crippen LogP) is 0.335. The first-order valence-electron chi connectivity index (χ1n) is 3.87. The van der Waals surface area contributed by atoms with Crippen molar-refractivity contribution in [2.45, 2.75) is 12.5 Å². The molecule has 2 rings (SSSR count). The molecule has 0 bridgehead atoms. The van der Waals surface area contributed by atoms with E-state index in [0.717, 1.165) is 5.56 Å². The van der Waals surface area contributed by atoms with Crippen LogP contribution in [0.15, 0.2) is 18.2 Å². The van der Waals surface area contributed by atoms with Crippen molar-refractivity contribution in [3.8, 4) is 0 Å². The highest BCUT2D eigenvalue weighted by molar-refractivity contribution is 6.08. The largest absolute Gasteiger partial charge is 0.398 e. The Hall–Kier alpha value is -1.35. The van der Waals surface area contributed by atoms with Gasteiger partial charge < -0.3 is 11.5 Å². The topological polar surface area (TPSA) is 69.1 Å². The Kier molecular flexibility index (Phi) is 1.41. The zero-order valence-corrected chi connectivity index (χ0v) is 6.58. The van der Waals surface area contributed by atoms with E-state index in [4.69, 9.17) is 11.5 Å². The Labute approximate surface area is 70.4 Å². The molecule has 4 N–H and O–H groups in total. The molecule has 3 heteroatoms. The van der Waals surface area contributed by atoms with Crippen LogP contribution in [0.1, 0.15) is 15.9 Å². The molecule has 0 saturated carbocycles. The second-order valence-corrected chi connectivity index (χ2v) is 3.06. The molecule has 1 unspecified atom stereocenters. The lowest BCUT2D eigenvalue weighted by Crippen LogP contribution is -2.26. The number of carbonyl (C=O) groups is 1. The minimum atomic E-state index is -0.385. The van der Waals surface area contributed by atoms with Gasteiger partial charge in [0.05, 0.1) is 6.04 Å². The van der Waals surface area contributed by atoms with Gasteiger partial charge in [-0.1, -0.05) is 12.1 Å². The maximum absolute atomic E-state index is 11.4.